The first-order chi connectivity index (χ1) is 14.7. The van der Waals surface area contributed by atoms with Gasteiger partial charge in [0.1, 0.15) is 11.5 Å². The number of nitrogens with zero attached hydrogens (tertiary/aromatic N) is 1. The number of nitro groups is 1. The molecule has 0 unspecified atom stereocenters. The van der Waals surface area contributed by atoms with Crippen molar-refractivity contribution in [2.75, 3.05) is 25.5 Å². The minimum absolute atomic E-state index is 0.0240. The number of ether oxygens (including phenoxy) is 1. The molecule has 0 aromatic heterocycles. The van der Waals surface area contributed by atoms with E-state index in [2.05, 4.69) is 15.4 Å². The highest BCUT2D eigenvalue weighted by atomic mass is 16.6. The Labute approximate surface area is 177 Å². The summed E-state index contributed by atoms with van der Waals surface area (Å²) in [4.78, 5) is 46.3. The molecule has 0 fully saturated rings. The number of methoxy groups -OCH3 is 1. The number of Topliss-reactive ketones (excluding diaryl/α,β-unsaturated/α-hetero) is 1. The summed E-state index contributed by atoms with van der Waals surface area (Å²) in [5.41, 5.74) is 5.93. The van der Waals surface area contributed by atoms with E-state index < -0.39 is 16.8 Å². The van der Waals surface area contributed by atoms with E-state index in [1.807, 2.05) is 0 Å². The largest absolute Gasteiger partial charge is 0.469 e. The van der Waals surface area contributed by atoms with Crippen LogP contribution in [0.15, 0.2) is 42.5 Å². The van der Waals surface area contributed by atoms with Gasteiger partial charge in [-0.3, -0.25) is 29.9 Å². The van der Waals surface area contributed by atoms with Crippen molar-refractivity contribution in [1.82, 2.24) is 5.32 Å². The molecule has 162 valence electrons. The van der Waals surface area contributed by atoms with Crippen LogP contribution in [0.5, 0.6) is 0 Å². The summed E-state index contributed by atoms with van der Waals surface area (Å²) in [6, 6.07) is 9.88. The number of nitrogens with one attached hydrogen (secondary N) is 3. The van der Waals surface area contributed by atoms with Gasteiger partial charge < -0.3 is 21.1 Å². The molecular weight excluding hydrogens is 406 g/mol. The van der Waals surface area contributed by atoms with Crippen LogP contribution in [0.1, 0.15) is 32.7 Å². The van der Waals surface area contributed by atoms with Gasteiger partial charge >= 0.3 is 5.97 Å². The highest BCUT2D eigenvalue weighted by molar-refractivity contribution is 6.01. The first-order valence-corrected chi connectivity index (χ1v) is 9.08. The van der Waals surface area contributed by atoms with Gasteiger partial charge in [-0.15, -0.1) is 0 Å². The van der Waals surface area contributed by atoms with E-state index in [0.29, 0.717) is 11.1 Å². The molecule has 5 N–H and O–H groups in total. The third-order valence-corrected chi connectivity index (χ3v) is 4.26. The van der Waals surface area contributed by atoms with Crippen LogP contribution in [0.4, 0.5) is 11.4 Å². The van der Waals surface area contributed by atoms with Gasteiger partial charge in [0.05, 0.1) is 25.0 Å². The van der Waals surface area contributed by atoms with Crippen molar-refractivity contribution in [3.8, 4) is 0 Å². The molecule has 0 aliphatic rings. The number of nitro benzene ring substituents is 1. The van der Waals surface area contributed by atoms with Gasteiger partial charge in [0.25, 0.3) is 11.6 Å². The molecule has 0 saturated carbocycles. The van der Waals surface area contributed by atoms with E-state index in [0.717, 1.165) is 6.07 Å². The van der Waals surface area contributed by atoms with Crippen molar-refractivity contribution in [2.45, 2.75) is 6.42 Å². The van der Waals surface area contributed by atoms with E-state index in [-0.39, 0.29) is 48.1 Å². The first kappa shape index (κ1) is 23.0. The SMILES string of the molecule is COC(=O)CCNC(=O)c1ccc(NCC(=O)c2ccc(C(=N)N)cc2)c([N+](=O)[O-])c1. The summed E-state index contributed by atoms with van der Waals surface area (Å²) < 4.78 is 4.47. The molecule has 0 saturated heterocycles. The van der Waals surface area contributed by atoms with E-state index in [1.54, 1.807) is 0 Å². The average Bonchev–Trinajstić information content (AvgIpc) is 2.76. The number of rotatable bonds is 10. The molecule has 0 aliphatic carbocycles. The fourth-order valence-electron chi connectivity index (χ4n) is 2.57. The zero-order chi connectivity index (χ0) is 23.0. The van der Waals surface area contributed by atoms with Crippen molar-refractivity contribution in [1.29, 1.82) is 5.41 Å². The number of carbonyl (C=O) groups excluding carboxylic acids is 3. The summed E-state index contributed by atoms with van der Waals surface area (Å²) in [5.74, 6) is -1.53. The average molecular weight is 427 g/mol. The molecule has 31 heavy (non-hydrogen) atoms. The standard InChI is InChI=1S/C20H21N5O6/c1-31-18(27)8-9-23-20(28)14-6-7-15(16(10-14)25(29)30)24-11-17(26)12-2-4-13(5-3-12)19(21)22/h2-7,10,24H,8-9,11H2,1H3,(H3,21,22)(H,23,28). The van der Waals surface area contributed by atoms with Crippen molar-refractivity contribution in [3.63, 3.8) is 0 Å². The zero-order valence-corrected chi connectivity index (χ0v) is 16.6. The summed E-state index contributed by atoms with van der Waals surface area (Å²) >= 11 is 0. The number of hydrogen-bond acceptors (Lipinski definition) is 8. The lowest BCUT2D eigenvalue weighted by Gasteiger charge is -2.09. The molecule has 0 heterocycles. The van der Waals surface area contributed by atoms with Crippen LogP contribution < -0.4 is 16.4 Å². The molecule has 11 nitrogen and oxygen atoms in total. The summed E-state index contributed by atoms with van der Waals surface area (Å²) in [6.07, 6.45) is -0.0283. The molecule has 11 heteroatoms. The molecule has 2 aromatic rings. The molecule has 0 bridgehead atoms. The predicted molar refractivity (Wildman–Crippen MR) is 112 cm³/mol. The monoisotopic (exact) mass is 427 g/mol. The quantitative estimate of drug-likeness (QED) is 0.110. The van der Waals surface area contributed by atoms with E-state index in [9.17, 15) is 24.5 Å². The highest BCUT2D eigenvalue weighted by Gasteiger charge is 2.18. The second kappa shape index (κ2) is 10.5. The van der Waals surface area contributed by atoms with Crippen LogP contribution in [0.3, 0.4) is 0 Å². The van der Waals surface area contributed by atoms with Crippen molar-refractivity contribution >= 4 is 34.9 Å². The molecule has 2 aromatic carbocycles. The Morgan fingerprint density at radius 2 is 1.71 bits per heavy atom. The molecule has 0 radical (unpaired) electrons. The zero-order valence-electron chi connectivity index (χ0n) is 16.6. The number of esters is 1. The molecule has 0 spiro atoms. The van der Waals surface area contributed by atoms with Crippen LogP contribution in [0, 0.1) is 15.5 Å². The molecule has 0 atom stereocenters. The maximum Gasteiger partial charge on any atom is 0.307 e. The van der Waals surface area contributed by atoms with Crippen molar-refractivity contribution in [3.05, 3.63) is 69.3 Å². The number of carbonyl (C=O) groups is 3. The Morgan fingerprint density at radius 3 is 2.29 bits per heavy atom. The molecule has 0 aliphatic heterocycles. The topological polar surface area (TPSA) is 178 Å². The Kier molecular flexibility index (Phi) is 7.78. The Balaban J connectivity index is 2.06. The minimum Gasteiger partial charge on any atom is -0.469 e. The Hall–Kier alpha value is -4.28. The number of amidine groups is 1. The maximum atomic E-state index is 12.3. The second-order valence-electron chi connectivity index (χ2n) is 6.34. The lowest BCUT2D eigenvalue weighted by Crippen LogP contribution is -2.26. The van der Waals surface area contributed by atoms with Gasteiger partial charge in [-0.2, -0.15) is 0 Å². The Morgan fingerprint density at radius 1 is 1.10 bits per heavy atom. The van der Waals surface area contributed by atoms with E-state index in [1.165, 1.54) is 43.5 Å². The molecule has 1 amide bonds. The minimum atomic E-state index is -0.667. The summed E-state index contributed by atoms with van der Waals surface area (Å²) in [6.45, 7) is -0.193. The second-order valence-corrected chi connectivity index (χ2v) is 6.34. The lowest BCUT2D eigenvalue weighted by atomic mass is 10.1. The van der Waals surface area contributed by atoms with Crippen molar-refractivity contribution < 1.29 is 24.0 Å². The van der Waals surface area contributed by atoms with Gasteiger partial charge in [-0.1, -0.05) is 24.3 Å². The van der Waals surface area contributed by atoms with E-state index >= 15 is 0 Å². The Bertz CT molecular complexity index is 1020. The highest BCUT2D eigenvalue weighted by Crippen LogP contribution is 2.25. The van der Waals surface area contributed by atoms with Gasteiger partial charge in [-0.25, -0.2) is 0 Å². The number of anilines is 1. The lowest BCUT2D eigenvalue weighted by molar-refractivity contribution is -0.384. The predicted octanol–water partition coefficient (Wildman–Crippen LogP) is 1.47. The number of amides is 1. The van der Waals surface area contributed by atoms with Gasteiger partial charge in [-0.05, 0) is 12.1 Å². The first-order valence-electron chi connectivity index (χ1n) is 9.08. The maximum absolute atomic E-state index is 12.3. The van der Waals surface area contributed by atoms with E-state index in [4.69, 9.17) is 11.1 Å². The van der Waals surface area contributed by atoms with Crippen LogP contribution in [-0.4, -0.2) is 48.6 Å². The fourth-order valence-corrected chi connectivity index (χ4v) is 2.57. The number of benzene rings is 2. The van der Waals surface area contributed by atoms with Crippen LogP contribution in [0.25, 0.3) is 0 Å². The number of nitrogens with two attached hydrogens (primary N) is 1. The third-order valence-electron chi connectivity index (χ3n) is 4.26. The number of hydrogen-bond donors (Lipinski definition) is 4. The smallest absolute Gasteiger partial charge is 0.307 e. The van der Waals surface area contributed by atoms with Crippen LogP contribution in [0.2, 0.25) is 0 Å². The number of nitrogen functional groups attached to an aromatic ring is 1. The number of ketones is 1. The summed E-state index contributed by atoms with van der Waals surface area (Å²) in [7, 11) is 1.23. The van der Waals surface area contributed by atoms with Crippen molar-refractivity contribution in [2.24, 2.45) is 5.73 Å². The molecule has 2 rings (SSSR count). The fraction of sp³-hybridized carbons (Fsp3) is 0.200. The van der Waals surface area contributed by atoms with Gasteiger partial charge in [0.15, 0.2) is 5.78 Å². The molecular formula is C20H21N5O6. The third kappa shape index (κ3) is 6.35. The normalized spacial score (nSPS) is 10.1. The summed E-state index contributed by atoms with van der Waals surface area (Å²) in [5, 5.41) is 23.9. The van der Waals surface area contributed by atoms with Gasteiger partial charge in [0, 0.05) is 29.3 Å². The van der Waals surface area contributed by atoms with Crippen LogP contribution >= 0.6 is 0 Å². The van der Waals surface area contributed by atoms with Crippen LogP contribution in [-0.2, 0) is 9.53 Å². The van der Waals surface area contributed by atoms with Gasteiger partial charge in [0.2, 0.25) is 0 Å².